The molecule has 6 aromatic rings. The van der Waals surface area contributed by atoms with Crippen LogP contribution in [0.15, 0.2) is 116 Å². The van der Waals surface area contributed by atoms with E-state index in [1.807, 2.05) is 30.6 Å². The Morgan fingerprint density at radius 3 is 2.03 bits per heavy atom. The fourth-order valence-corrected chi connectivity index (χ4v) is 4.28. The minimum absolute atomic E-state index is 0.946. The number of imidazole rings is 1. The molecule has 0 aliphatic heterocycles. The summed E-state index contributed by atoms with van der Waals surface area (Å²) in [6.07, 6.45) is 5.14. The van der Waals surface area contributed by atoms with Crippen molar-refractivity contribution in [3.05, 3.63) is 116 Å². The molecule has 0 radical (unpaired) electrons. The molecule has 4 aromatic carbocycles. The molecule has 0 aliphatic rings. The number of para-hydroxylation sites is 2. The van der Waals surface area contributed by atoms with Crippen molar-refractivity contribution >= 4 is 21.8 Å². The van der Waals surface area contributed by atoms with Crippen molar-refractivity contribution in [1.29, 1.82) is 0 Å². The van der Waals surface area contributed by atoms with Gasteiger partial charge in [-0.1, -0.05) is 87.0 Å². The van der Waals surface area contributed by atoms with Gasteiger partial charge in [0.1, 0.15) is 5.82 Å². The molecule has 6 rings (SSSR count). The third-order valence-corrected chi connectivity index (χ3v) is 5.62. The highest BCUT2D eigenvalue weighted by atomic mass is 15.1. The highest BCUT2D eigenvalue weighted by Crippen LogP contribution is 2.34. The van der Waals surface area contributed by atoms with Gasteiger partial charge < -0.3 is 4.57 Å². The van der Waals surface area contributed by atoms with E-state index in [4.69, 9.17) is 0 Å². The number of aromatic nitrogens is 3. The molecule has 0 aliphatic carbocycles. The van der Waals surface area contributed by atoms with Gasteiger partial charge in [-0.05, 0) is 36.4 Å². The molecule has 0 fully saturated rings. The Labute approximate surface area is 194 Å². The zero-order valence-corrected chi connectivity index (χ0v) is 19.0. The largest absolute Gasteiger partial charge is 0.309 e. The molecule has 0 N–H and O–H groups in total. The molecule has 0 bridgehead atoms. The van der Waals surface area contributed by atoms with Crippen molar-refractivity contribution in [3.63, 3.8) is 0 Å². The van der Waals surface area contributed by atoms with Gasteiger partial charge in [-0.25, -0.2) is 4.98 Å². The monoisotopic (exact) mass is 429 g/mol. The van der Waals surface area contributed by atoms with Gasteiger partial charge in [0.15, 0.2) is 0 Å². The summed E-state index contributed by atoms with van der Waals surface area (Å²) in [6, 6.07) is 36.1. The van der Waals surface area contributed by atoms with Crippen LogP contribution in [0.3, 0.4) is 0 Å². The zero-order chi connectivity index (χ0) is 22.6. The Morgan fingerprint density at radius 2 is 1.27 bits per heavy atom. The molecule has 33 heavy (non-hydrogen) atoms. The summed E-state index contributed by atoms with van der Waals surface area (Å²) < 4.78 is 4.49. The van der Waals surface area contributed by atoms with E-state index in [1.54, 1.807) is 0 Å². The van der Waals surface area contributed by atoms with Crippen molar-refractivity contribution in [3.8, 4) is 22.8 Å². The SMILES string of the molecule is CCC.c1ccc(-c2nccn2-c2ccc3c(c2)c2ccccc2n3-c2ccccc2)cc1. The zero-order valence-electron chi connectivity index (χ0n) is 19.0. The molecular formula is C30H27N3. The third kappa shape index (κ3) is 3.83. The summed E-state index contributed by atoms with van der Waals surface area (Å²) in [7, 11) is 0. The van der Waals surface area contributed by atoms with Gasteiger partial charge in [-0.15, -0.1) is 0 Å². The Bertz CT molecular complexity index is 1490. The van der Waals surface area contributed by atoms with E-state index in [1.165, 1.54) is 33.9 Å². The lowest BCUT2D eigenvalue weighted by molar-refractivity contribution is 1.07. The maximum absolute atomic E-state index is 4.62. The first-order valence-corrected chi connectivity index (χ1v) is 11.5. The molecule has 2 heterocycles. The predicted octanol–water partition coefficient (Wildman–Crippen LogP) is 8.05. The van der Waals surface area contributed by atoms with E-state index in [0.717, 1.165) is 17.1 Å². The second-order valence-corrected chi connectivity index (χ2v) is 8.08. The van der Waals surface area contributed by atoms with Crippen molar-refractivity contribution in [2.45, 2.75) is 20.3 Å². The molecule has 0 unspecified atom stereocenters. The average Bonchev–Trinajstić information content (AvgIpc) is 3.48. The van der Waals surface area contributed by atoms with Crippen LogP contribution in [0.4, 0.5) is 0 Å². The van der Waals surface area contributed by atoms with E-state index in [0.29, 0.717) is 0 Å². The molecule has 0 saturated carbocycles. The van der Waals surface area contributed by atoms with Crippen LogP contribution in [0.25, 0.3) is 44.6 Å². The number of fused-ring (bicyclic) bond motifs is 3. The fourth-order valence-electron chi connectivity index (χ4n) is 4.28. The van der Waals surface area contributed by atoms with Gasteiger partial charge in [0, 0.05) is 40.1 Å². The smallest absolute Gasteiger partial charge is 0.144 e. The van der Waals surface area contributed by atoms with Gasteiger partial charge in [-0.3, -0.25) is 4.57 Å². The van der Waals surface area contributed by atoms with Crippen LogP contribution in [0.1, 0.15) is 20.3 Å². The molecule has 3 nitrogen and oxygen atoms in total. The number of rotatable bonds is 3. The average molecular weight is 430 g/mol. The fraction of sp³-hybridized carbons (Fsp3) is 0.100. The van der Waals surface area contributed by atoms with Crippen LogP contribution >= 0.6 is 0 Å². The Kier molecular flexibility index (Phi) is 5.77. The quantitative estimate of drug-likeness (QED) is 0.279. The van der Waals surface area contributed by atoms with Crippen LogP contribution in [-0.2, 0) is 0 Å². The summed E-state index contributed by atoms with van der Waals surface area (Å²) in [5.41, 5.74) is 5.80. The van der Waals surface area contributed by atoms with Crippen LogP contribution in [0, 0.1) is 0 Å². The molecule has 0 saturated heterocycles. The van der Waals surface area contributed by atoms with E-state index >= 15 is 0 Å². The second-order valence-electron chi connectivity index (χ2n) is 8.08. The Morgan fingerprint density at radius 1 is 0.636 bits per heavy atom. The van der Waals surface area contributed by atoms with Crippen molar-refractivity contribution in [1.82, 2.24) is 14.1 Å². The minimum atomic E-state index is 0.946. The van der Waals surface area contributed by atoms with Crippen LogP contribution in [0.5, 0.6) is 0 Å². The van der Waals surface area contributed by atoms with E-state index < -0.39 is 0 Å². The summed E-state index contributed by atoms with van der Waals surface area (Å²) in [5, 5.41) is 2.49. The van der Waals surface area contributed by atoms with Gasteiger partial charge in [0.2, 0.25) is 0 Å². The molecule has 3 heteroatoms. The normalized spacial score (nSPS) is 10.8. The molecule has 0 amide bonds. The van der Waals surface area contributed by atoms with Gasteiger partial charge in [0.25, 0.3) is 0 Å². The molecule has 0 atom stereocenters. The summed E-state index contributed by atoms with van der Waals surface area (Å²) in [4.78, 5) is 4.62. The lowest BCUT2D eigenvalue weighted by Gasteiger charge is -2.10. The topological polar surface area (TPSA) is 22.8 Å². The number of nitrogens with zero attached hydrogens (tertiary/aromatic N) is 3. The first-order valence-electron chi connectivity index (χ1n) is 11.5. The maximum atomic E-state index is 4.62. The molecular weight excluding hydrogens is 402 g/mol. The van der Waals surface area contributed by atoms with Crippen LogP contribution in [-0.4, -0.2) is 14.1 Å². The lowest BCUT2D eigenvalue weighted by atomic mass is 10.1. The van der Waals surface area contributed by atoms with Crippen molar-refractivity contribution in [2.75, 3.05) is 0 Å². The number of hydrogen-bond acceptors (Lipinski definition) is 1. The predicted molar refractivity (Wildman–Crippen MR) is 139 cm³/mol. The van der Waals surface area contributed by atoms with Crippen LogP contribution < -0.4 is 0 Å². The van der Waals surface area contributed by atoms with Gasteiger partial charge >= 0.3 is 0 Å². The minimum Gasteiger partial charge on any atom is -0.309 e. The first-order chi connectivity index (χ1) is 16.3. The van der Waals surface area contributed by atoms with Crippen molar-refractivity contribution < 1.29 is 0 Å². The van der Waals surface area contributed by atoms with E-state index in [2.05, 4.69) is 113 Å². The van der Waals surface area contributed by atoms with Gasteiger partial charge in [-0.2, -0.15) is 0 Å². The third-order valence-electron chi connectivity index (χ3n) is 5.62. The van der Waals surface area contributed by atoms with Crippen molar-refractivity contribution in [2.24, 2.45) is 0 Å². The highest BCUT2D eigenvalue weighted by molar-refractivity contribution is 6.09. The van der Waals surface area contributed by atoms with E-state index in [9.17, 15) is 0 Å². The maximum Gasteiger partial charge on any atom is 0.144 e. The standard InChI is InChI=1S/C27H19N3.C3H8/c1-3-9-20(10-4-1)27-28-17-18-29(27)22-15-16-26-24(19-22)23-13-7-8-14-25(23)30(26)21-11-5-2-6-12-21;1-3-2/h1-19H;3H2,1-2H3. The Balaban J connectivity index is 0.000000724. The van der Waals surface area contributed by atoms with E-state index in [-0.39, 0.29) is 0 Å². The highest BCUT2D eigenvalue weighted by Gasteiger charge is 2.14. The number of hydrogen-bond donors (Lipinski definition) is 0. The first kappa shape index (κ1) is 20.8. The molecule has 162 valence electrons. The molecule has 2 aromatic heterocycles. The Hall–Kier alpha value is -4.11. The second kappa shape index (κ2) is 9.17. The summed E-state index contributed by atoms with van der Waals surface area (Å²) >= 11 is 0. The van der Waals surface area contributed by atoms with Crippen LogP contribution in [0.2, 0.25) is 0 Å². The summed E-state index contributed by atoms with van der Waals surface area (Å²) in [6.45, 7) is 4.25. The lowest BCUT2D eigenvalue weighted by Crippen LogP contribution is -1.97. The van der Waals surface area contributed by atoms with Gasteiger partial charge in [0.05, 0.1) is 11.0 Å². The summed E-state index contributed by atoms with van der Waals surface area (Å²) in [5.74, 6) is 0.946. The molecule has 0 spiro atoms. The number of benzene rings is 4.